The van der Waals surface area contributed by atoms with Crippen molar-refractivity contribution < 1.29 is 28.2 Å². The maximum atomic E-state index is 14.5. The highest BCUT2D eigenvalue weighted by atomic mass is 19.1. The highest BCUT2D eigenvalue weighted by Gasteiger charge is 2.45. The third-order valence-electron chi connectivity index (χ3n) is 7.18. The first kappa shape index (κ1) is 25.7. The Bertz CT molecular complexity index is 909. The molecule has 2 atom stereocenters. The smallest absolute Gasteiger partial charge is 0.410 e. The van der Waals surface area contributed by atoms with E-state index in [4.69, 9.17) is 14.2 Å². The number of carbonyl (C=O) groups is 2. The SMILES string of the molecule is CN(C)C(=O)c1ccc(OC2CCC(OC3C[C@@H]4CC[C@@H](C3)N4C(=O)OC(C)(C)C)CC2)c(F)c1. The van der Waals surface area contributed by atoms with Gasteiger partial charge in [-0.15, -0.1) is 0 Å². The second kappa shape index (κ2) is 10.3. The van der Waals surface area contributed by atoms with Gasteiger partial charge >= 0.3 is 6.09 Å². The summed E-state index contributed by atoms with van der Waals surface area (Å²) in [6.07, 6.45) is 7.12. The molecule has 0 N–H and O–H groups in total. The highest BCUT2D eigenvalue weighted by Crippen LogP contribution is 2.39. The number of carbonyl (C=O) groups excluding carboxylic acids is 2. The van der Waals surface area contributed by atoms with Crippen LogP contribution < -0.4 is 4.74 Å². The first-order valence-electron chi connectivity index (χ1n) is 12.8. The zero-order valence-electron chi connectivity index (χ0n) is 21.6. The Labute approximate surface area is 207 Å². The summed E-state index contributed by atoms with van der Waals surface area (Å²) in [7, 11) is 3.28. The monoisotopic (exact) mass is 490 g/mol. The molecule has 194 valence electrons. The Kier molecular flexibility index (Phi) is 7.60. The molecule has 2 heterocycles. The van der Waals surface area contributed by atoms with Gasteiger partial charge in [0.15, 0.2) is 11.6 Å². The summed E-state index contributed by atoms with van der Waals surface area (Å²) in [6, 6.07) is 4.78. The van der Waals surface area contributed by atoms with E-state index >= 15 is 0 Å². The van der Waals surface area contributed by atoms with E-state index in [1.165, 1.54) is 11.0 Å². The number of fused-ring (bicyclic) bond motifs is 2. The van der Waals surface area contributed by atoms with Crippen LogP contribution in [0.1, 0.15) is 82.5 Å². The van der Waals surface area contributed by atoms with Crippen LogP contribution in [0.5, 0.6) is 5.75 Å². The van der Waals surface area contributed by atoms with Crippen LogP contribution in [-0.4, -0.2) is 71.9 Å². The Morgan fingerprint density at radius 3 is 2.09 bits per heavy atom. The van der Waals surface area contributed by atoms with Crippen molar-refractivity contribution in [3.05, 3.63) is 29.6 Å². The standard InChI is InChI=1S/C27H39FN2O5/c1-27(2,3)35-26(32)30-18-7-8-19(30)16-22(15-18)33-20-9-11-21(12-10-20)34-24-13-6-17(14-23(24)28)25(31)29(4)5/h6,13-14,18-22H,7-12,15-16H2,1-5H3/t18-,19-,20?,21?/m0/s1. The largest absolute Gasteiger partial charge is 0.487 e. The third-order valence-corrected chi connectivity index (χ3v) is 7.18. The van der Waals surface area contributed by atoms with Crippen LogP contribution in [0.2, 0.25) is 0 Å². The molecule has 2 amide bonds. The van der Waals surface area contributed by atoms with Crippen LogP contribution >= 0.6 is 0 Å². The van der Waals surface area contributed by atoms with E-state index in [1.54, 1.807) is 26.2 Å². The van der Waals surface area contributed by atoms with Gasteiger partial charge < -0.3 is 24.0 Å². The van der Waals surface area contributed by atoms with E-state index in [9.17, 15) is 14.0 Å². The average molecular weight is 491 g/mol. The zero-order chi connectivity index (χ0) is 25.3. The summed E-state index contributed by atoms with van der Waals surface area (Å²) >= 11 is 0. The number of piperidine rings is 1. The Morgan fingerprint density at radius 1 is 0.943 bits per heavy atom. The molecule has 3 aliphatic rings. The highest BCUT2D eigenvalue weighted by molar-refractivity contribution is 5.94. The maximum Gasteiger partial charge on any atom is 0.410 e. The van der Waals surface area contributed by atoms with Gasteiger partial charge in [0, 0.05) is 31.7 Å². The number of halogens is 1. The van der Waals surface area contributed by atoms with Gasteiger partial charge in [0.2, 0.25) is 0 Å². The fourth-order valence-electron chi connectivity index (χ4n) is 5.58. The maximum absolute atomic E-state index is 14.5. The molecule has 3 fully saturated rings. The van der Waals surface area contributed by atoms with Gasteiger partial charge in [-0.25, -0.2) is 9.18 Å². The minimum atomic E-state index is -0.511. The van der Waals surface area contributed by atoms with Gasteiger partial charge in [-0.2, -0.15) is 0 Å². The number of ether oxygens (including phenoxy) is 3. The molecule has 1 aromatic rings. The van der Waals surface area contributed by atoms with E-state index in [-0.39, 0.29) is 48.1 Å². The van der Waals surface area contributed by atoms with Crippen LogP contribution in [-0.2, 0) is 9.47 Å². The van der Waals surface area contributed by atoms with Crippen LogP contribution in [0, 0.1) is 5.82 Å². The molecule has 0 aromatic heterocycles. The first-order valence-corrected chi connectivity index (χ1v) is 12.8. The molecule has 7 nitrogen and oxygen atoms in total. The molecule has 2 bridgehead atoms. The molecule has 0 radical (unpaired) electrons. The summed E-state index contributed by atoms with van der Waals surface area (Å²) in [5.74, 6) is -0.558. The van der Waals surface area contributed by atoms with Crippen LogP contribution in [0.15, 0.2) is 18.2 Å². The van der Waals surface area contributed by atoms with Crippen molar-refractivity contribution in [1.82, 2.24) is 9.80 Å². The summed E-state index contributed by atoms with van der Waals surface area (Å²) in [5, 5.41) is 0. The van der Waals surface area contributed by atoms with Gasteiger partial charge in [-0.1, -0.05) is 0 Å². The van der Waals surface area contributed by atoms with Crippen molar-refractivity contribution in [2.24, 2.45) is 0 Å². The van der Waals surface area contributed by atoms with Crippen LogP contribution in [0.3, 0.4) is 0 Å². The lowest BCUT2D eigenvalue weighted by molar-refractivity contribution is -0.0814. The second-order valence-electron chi connectivity index (χ2n) is 11.4. The fourth-order valence-corrected chi connectivity index (χ4v) is 5.58. The Balaban J connectivity index is 1.24. The van der Waals surface area contributed by atoms with E-state index in [2.05, 4.69) is 0 Å². The van der Waals surface area contributed by atoms with E-state index in [0.29, 0.717) is 5.56 Å². The third kappa shape index (κ3) is 6.26. The van der Waals surface area contributed by atoms with E-state index in [0.717, 1.165) is 51.4 Å². The van der Waals surface area contributed by atoms with Crippen molar-refractivity contribution in [2.75, 3.05) is 14.1 Å². The van der Waals surface area contributed by atoms with Crippen LogP contribution in [0.4, 0.5) is 9.18 Å². The molecular formula is C27H39FN2O5. The molecular weight excluding hydrogens is 451 g/mol. The molecule has 0 spiro atoms. The Morgan fingerprint density at radius 2 is 1.54 bits per heavy atom. The van der Waals surface area contributed by atoms with Crippen molar-refractivity contribution in [3.8, 4) is 5.75 Å². The summed E-state index contributed by atoms with van der Waals surface area (Å²) in [5.41, 5.74) is -0.178. The molecule has 2 aliphatic heterocycles. The van der Waals surface area contributed by atoms with Crippen LogP contribution in [0.25, 0.3) is 0 Å². The normalized spacial score (nSPS) is 28.5. The molecule has 8 heteroatoms. The van der Waals surface area contributed by atoms with Crippen molar-refractivity contribution in [2.45, 2.75) is 108 Å². The number of benzene rings is 1. The molecule has 1 aliphatic carbocycles. The number of amides is 2. The number of hydrogen-bond donors (Lipinski definition) is 0. The summed E-state index contributed by atoms with van der Waals surface area (Å²) < 4.78 is 32.6. The zero-order valence-corrected chi connectivity index (χ0v) is 21.6. The quantitative estimate of drug-likeness (QED) is 0.570. The predicted molar refractivity (Wildman–Crippen MR) is 130 cm³/mol. The lowest BCUT2D eigenvalue weighted by atomic mass is 9.93. The molecule has 35 heavy (non-hydrogen) atoms. The van der Waals surface area contributed by atoms with E-state index in [1.807, 2.05) is 25.7 Å². The summed E-state index contributed by atoms with van der Waals surface area (Å²) in [4.78, 5) is 28.1. The van der Waals surface area contributed by atoms with Gasteiger partial charge in [-0.05, 0) is 90.3 Å². The minimum absolute atomic E-state index is 0.0649. The van der Waals surface area contributed by atoms with Crippen molar-refractivity contribution in [1.29, 1.82) is 0 Å². The topological polar surface area (TPSA) is 68.3 Å². The molecule has 1 aromatic carbocycles. The summed E-state index contributed by atoms with van der Waals surface area (Å²) in [6.45, 7) is 5.70. The second-order valence-corrected chi connectivity index (χ2v) is 11.4. The van der Waals surface area contributed by atoms with Crippen molar-refractivity contribution in [3.63, 3.8) is 0 Å². The lowest BCUT2D eigenvalue weighted by Gasteiger charge is -2.41. The molecule has 4 rings (SSSR count). The van der Waals surface area contributed by atoms with Gasteiger partial charge in [-0.3, -0.25) is 4.79 Å². The lowest BCUT2D eigenvalue weighted by Crippen LogP contribution is -2.50. The van der Waals surface area contributed by atoms with Gasteiger partial charge in [0.25, 0.3) is 5.91 Å². The molecule has 2 saturated heterocycles. The van der Waals surface area contributed by atoms with Gasteiger partial charge in [0.1, 0.15) is 5.60 Å². The number of nitrogens with zero attached hydrogens (tertiary/aromatic N) is 2. The Hall–Kier alpha value is -2.35. The van der Waals surface area contributed by atoms with Crippen molar-refractivity contribution >= 4 is 12.0 Å². The molecule has 1 saturated carbocycles. The fraction of sp³-hybridized carbons (Fsp3) is 0.704. The number of rotatable bonds is 5. The first-order chi connectivity index (χ1) is 16.5. The minimum Gasteiger partial charge on any atom is -0.487 e. The van der Waals surface area contributed by atoms with Gasteiger partial charge in [0.05, 0.1) is 18.3 Å². The molecule has 0 unspecified atom stereocenters. The average Bonchev–Trinajstić information content (AvgIpc) is 3.05. The predicted octanol–water partition coefficient (Wildman–Crippen LogP) is 5.16. The van der Waals surface area contributed by atoms with E-state index < -0.39 is 11.4 Å². The number of hydrogen-bond acceptors (Lipinski definition) is 5.